The van der Waals surface area contributed by atoms with E-state index >= 15 is 0 Å². The van der Waals surface area contributed by atoms with Crippen molar-refractivity contribution in [2.45, 2.75) is 33.6 Å². The molecular weight excluding hydrogens is 162 g/mol. The van der Waals surface area contributed by atoms with E-state index in [2.05, 4.69) is 19.2 Å². The Morgan fingerprint density at radius 2 is 2.15 bits per heavy atom. The zero-order valence-electron chi connectivity index (χ0n) is 9.23. The lowest BCUT2D eigenvalue weighted by Crippen LogP contribution is -2.20. The van der Waals surface area contributed by atoms with Crippen molar-refractivity contribution in [1.82, 2.24) is 5.32 Å². The normalized spacial score (nSPS) is 24.7. The van der Waals surface area contributed by atoms with Gasteiger partial charge in [0.05, 0.1) is 0 Å². The molecule has 1 aliphatic rings. The second-order valence-electron chi connectivity index (χ2n) is 4.64. The average Bonchev–Trinajstić information content (AvgIpc) is 2.67. The van der Waals surface area contributed by atoms with E-state index in [-0.39, 0.29) is 0 Å². The molecule has 1 N–H and O–H groups in total. The third kappa shape index (κ3) is 4.10. The molecule has 1 saturated carbocycles. The highest BCUT2D eigenvalue weighted by Crippen LogP contribution is 2.50. The predicted octanol–water partition coefficient (Wildman–Crippen LogP) is 2.05. The van der Waals surface area contributed by atoms with Crippen LogP contribution in [0.2, 0.25) is 0 Å². The van der Waals surface area contributed by atoms with Crippen LogP contribution in [0, 0.1) is 11.3 Å². The first kappa shape index (κ1) is 11.0. The molecule has 1 rings (SSSR count). The lowest BCUT2D eigenvalue weighted by atomic mass is 10.1. The second kappa shape index (κ2) is 4.97. The first-order valence-corrected chi connectivity index (χ1v) is 5.45. The summed E-state index contributed by atoms with van der Waals surface area (Å²) < 4.78 is 5.26. The van der Waals surface area contributed by atoms with E-state index in [1.165, 1.54) is 13.0 Å². The Labute approximate surface area is 82.0 Å². The molecule has 1 fully saturated rings. The number of hydrogen-bond acceptors (Lipinski definition) is 2. The maximum absolute atomic E-state index is 5.26. The molecule has 0 spiro atoms. The van der Waals surface area contributed by atoms with Crippen LogP contribution in [0.15, 0.2) is 0 Å². The van der Waals surface area contributed by atoms with E-state index in [1.807, 2.05) is 6.92 Å². The average molecular weight is 185 g/mol. The Morgan fingerprint density at radius 3 is 2.69 bits per heavy atom. The van der Waals surface area contributed by atoms with Crippen LogP contribution in [0.4, 0.5) is 0 Å². The summed E-state index contributed by atoms with van der Waals surface area (Å²) in [5.74, 6) is 0.916. The van der Waals surface area contributed by atoms with Gasteiger partial charge in [-0.2, -0.15) is 0 Å². The van der Waals surface area contributed by atoms with Gasteiger partial charge in [-0.05, 0) is 44.2 Å². The highest BCUT2D eigenvalue weighted by Gasteiger charge is 2.44. The van der Waals surface area contributed by atoms with Gasteiger partial charge in [0.2, 0.25) is 0 Å². The lowest BCUT2D eigenvalue weighted by Gasteiger charge is -2.05. The third-order valence-corrected chi connectivity index (χ3v) is 2.95. The molecule has 2 nitrogen and oxygen atoms in total. The molecule has 0 radical (unpaired) electrons. The zero-order chi connectivity index (χ0) is 9.73. The van der Waals surface area contributed by atoms with Crippen LogP contribution in [0.25, 0.3) is 0 Å². The number of ether oxygens (including phenoxy) is 1. The Bertz CT molecular complexity index is 145. The van der Waals surface area contributed by atoms with E-state index in [1.54, 1.807) is 0 Å². The largest absolute Gasteiger partial charge is 0.382 e. The van der Waals surface area contributed by atoms with Gasteiger partial charge in [0.25, 0.3) is 0 Å². The van der Waals surface area contributed by atoms with Crippen LogP contribution in [0.5, 0.6) is 0 Å². The first-order chi connectivity index (χ1) is 6.17. The summed E-state index contributed by atoms with van der Waals surface area (Å²) in [4.78, 5) is 0. The van der Waals surface area contributed by atoms with Gasteiger partial charge in [0.15, 0.2) is 0 Å². The quantitative estimate of drug-likeness (QED) is 0.613. The Hall–Kier alpha value is -0.0800. The van der Waals surface area contributed by atoms with E-state index < -0.39 is 0 Å². The van der Waals surface area contributed by atoms with Crippen molar-refractivity contribution in [3.8, 4) is 0 Å². The third-order valence-electron chi connectivity index (χ3n) is 2.95. The van der Waals surface area contributed by atoms with Gasteiger partial charge in [0, 0.05) is 13.2 Å². The van der Waals surface area contributed by atoms with Gasteiger partial charge in [-0.3, -0.25) is 0 Å². The van der Waals surface area contributed by atoms with Crippen molar-refractivity contribution in [2.24, 2.45) is 11.3 Å². The Morgan fingerprint density at radius 1 is 1.46 bits per heavy atom. The smallest absolute Gasteiger partial charge is 0.0477 e. The van der Waals surface area contributed by atoms with Crippen molar-refractivity contribution in [2.75, 3.05) is 26.3 Å². The van der Waals surface area contributed by atoms with E-state index in [4.69, 9.17) is 4.74 Å². The molecule has 2 heteroatoms. The van der Waals surface area contributed by atoms with Gasteiger partial charge in [-0.15, -0.1) is 0 Å². The van der Waals surface area contributed by atoms with Crippen LogP contribution >= 0.6 is 0 Å². The molecule has 0 aromatic heterocycles. The molecule has 0 aromatic carbocycles. The first-order valence-electron chi connectivity index (χ1n) is 5.45. The Kier molecular flexibility index (Phi) is 4.20. The summed E-state index contributed by atoms with van der Waals surface area (Å²) in [5, 5.41) is 3.48. The number of nitrogens with one attached hydrogen (secondary N) is 1. The minimum absolute atomic E-state index is 0.618. The van der Waals surface area contributed by atoms with Gasteiger partial charge in [0.1, 0.15) is 0 Å². The number of hydrogen-bond donors (Lipinski definition) is 1. The standard InChI is InChI=1S/C11H23NO/c1-4-13-7-5-6-12-9-10-8-11(10,2)3/h10,12H,4-9H2,1-3H3. The zero-order valence-corrected chi connectivity index (χ0v) is 9.23. The fourth-order valence-corrected chi connectivity index (χ4v) is 1.64. The lowest BCUT2D eigenvalue weighted by molar-refractivity contribution is 0.144. The van der Waals surface area contributed by atoms with E-state index in [0.29, 0.717) is 5.41 Å². The van der Waals surface area contributed by atoms with Gasteiger partial charge in [-0.25, -0.2) is 0 Å². The molecule has 0 amide bonds. The summed E-state index contributed by atoms with van der Waals surface area (Å²) in [7, 11) is 0. The Balaban J connectivity index is 1.80. The van der Waals surface area contributed by atoms with Crippen LogP contribution in [-0.2, 0) is 4.74 Å². The maximum Gasteiger partial charge on any atom is 0.0477 e. The molecule has 0 aliphatic heterocycles. The summed E-state index contributed by atoms with van der Waals surface area (Å²) in [5.41, 5.74) is 0.618. The monoisotopic (exact) mass is 185 g/mol. The van der Waals surface area contributed by atoms with E-state index in [0.717, 1.165) is 32.1 Å². The molecule has 0 bridgehead atoms. The molecule has 1 aliphatic carbocycles. The summed E-state index contributed by atoms with van der Waals surface area (Å²) >= 11 is 0. The highest BCUT2D eigenvalue weighted by atomic mass is 16.5. The molecular formula is C11H23NO. The van der Waals surface area contributed by atoms with Crippen LogP contribution in [0.3, 0.4) is 0 Å². The number of rotatable bonds is 7. The van der Waals surface area contributed by atoms with E-state index in [9.17, 15) is 0 Å². The maximum atomic E-state index is 5.26. The van der Waals surface area contributed by atoms with Crippen LogP contribution in [-0.4, -0.2) is 26.3 Å². The predicted molar refractivity (Wildman–Crippen MR) is 55.9 cm³/mol. The van der Waals surface area contributed by atoms with Gasteiger partial charge < -0.3 is 10.1 Å². The van der Waals surface area contributed by atoms with Crippen molar-refractivity contribution in [1.29, 1.82) is 0 Å². The summed E-state index contributed by atoms with van der Waals surface area (Å²) in [6.45, 7) is 10.8. The summed E-state index contributed by atoms with van der Waals surface area (Å²) in [6.07, 6.45) is 2.53. The highest BCUT2D eigenvalue weighted by molar-refractivity contribution is 4.95. The van der Waals surface area contributed by atoms with Crippen molar-refractivity contribution >= 4 is 0 Å². The minimum atomic E-state index is 0.618. The van der Waals surface area contributed by atoms with Gasteiger partial charge >= 0.3 is 0 Å². The fraction of sp³-hybridized carbons (Fsp3) is 1.00. The van der Waals surface area contributed by atoms with Crippen LogP contribution in [0.1, 0.15) is 33.6 Å². The molecule has 0 aromatic rings. The van der Waals surface area contributed by atoms with Gasteiger partial charge in [-0.1, -0.05) is 13.8 Å². The van der Waals surface area contributed by atoms with Crippen LogP contribution < -0.4 is 5.32 Å². The second-order valence-corrected chi connectivity index (χ2v) is 4.64. The van der Waals surface area contributed by atoms with Crippen molar-refractivity contribution < 1.29 is 4.74 Å². The minimum Gasteiger partial charge on any atom is -0.382 e. The molecule has 0 saturated heterocycles. The summed E-state index contributed by atoms with van der Waals surface area (Å²) in [6, 6.07) is 0. The topological polar surface area (TPSA) is 21.3 Å². The molecule has 13 heavy (non-hydrogen) atoms. The van der Waals surface area contributed by atoms with Crippen molar-refractivity contribution in [3.63, 3.8) is 0 Å². The molecule has 1 atom stereocenters. The fourth-order valence-electron chi connectivity index (χ4n) is 1.64. The van der Waals surface area contributed by atoms with Crippen molar-refractivity contribution in [3.05, 3.63) is 0 Å². The molecule has 1 unspecified atom stereocenters. The molecule has 78 valence electrons. The SMILES string of the molecule is CCOCCCNCC1CC1(C)C. The molecule has 0 heterocycles.